The van der Waals surface area contributed by atoms with Crippen molar-refractivity contribution >= 4 is 17.3 Å². The molecule has 0 N–H and O–H groups in total. The van der Waals surface area contributed by atoms with Crippen LogP contribution in [0.1, 0.15) is 0 Å². The van der Waals surface area contributed by atoms with E-state index in [2.05, 4.69) is 10.1 Å². The fourth-order valence-electron chi connectivity index (χ4n) is 2.58. The molecule has 2 aliphatic heterocycles. The summed E-state index contributed by atoms with van der Waals surface area (Å²) in [5.74, 6) is 0.594. The molecule has 0 atom stereocenters. The van der Waals surface area contributed by atoms with Gasteiger partial charge in [0, 0.05) is 25.0 Å². The molecule has 19 heavy (non-hydrogen) atoms. The largest absolute Gasteiger partial charge is 0.491 e. The van der Waals surface area contributed by atoms with Gasteiger partial charge in [0.25, 0.3) is 0 Å². The molecule has 1 aromatic carbocycles. The van der Waals surface area contributed by atoms with Crippen LogP contribution in [0.15, 0.2) is 23.4 Å². The van der Waals surface area contributed by atoms with Crippen LogP contribution in [0.25, 0.3) is 0 Å². The number of likely N-dealkylation sites (tertiary alicyclic amines) is 1. The molecular formula is C13H15ClN2O3. The summed E-state index contributed by atoms with van der Waals surface area (Å²) in [6.45, 7) is 5.46. The standard InChI is InChI=1S/C13H15ClN2O3/c14-11-5-10(15-17)1-2-12(11)19-4-3-16-6-13(7-16)8-18-9-13/h1-2,5H,3-4,6-9H2. The molecule has 0 saturated carbocycles. The molecule has 2 saturated heterocycles. The van der Waals surface area contributed by atoms with Gasteiger partial charge in [-0.25, -0.2) is 0 Å². The second kappa shape index (κ2) is 5.07. The average Bonchev–Trinajstić information content (AvgIpc) is 2.31. The summed E-state index contributed by atoms with van der Waals surface area (Å²) >= 11 is 5.99. The zero-order valence-corrected chi connectivity index (χ0v) is 11.2. The van der Waals surface area contributed by atoms with Crippen LogP contribution in [0, 0.1) is 10.3 Å². The van der Waals surface area contributed by atoms with Gasteiger partial charge >= 0.3 is 0 Å². The lowest BCUT2D eigenvalue weighted by Gasteiger charge is -2.55. The van der Waals surface area contributed by atoms with Gasteiger partial charge in [-0.15, -0.1) is 4.91 Å². The fraction of sp³-hybridized carbons (Fsp3) is 0.538. The van der Waals surface area contributed by atoms with Crippen molar-refractivity contribution in [2.24, 2.45) is 10.6 Å². The zero-order chi connectivity index (χ0) is 13.3. The third-order valence-electron chi connectivity index (χ3n) is 3.62. The van der Waals surface area contributed by atoms with E-state index in [0.29, 0.717) is 28.5 Å². The highest BCUT2D eigenvalue weighted by Gasteiger charge is 2.48. The van der Waals surface area contributed by atoms with Crippen LogP contribution in [-0.4, -0.2) is 44.4 Å². The average molecular weight is 283 g/mol. The summed E-state index contributed by atoms with van der Waals surface area (Å²) in [4.78, 5) is 12.7. The molecule has 5 nitrogen and oxygen atoms in total. The number of rotatable bonds is 5. The Hall–Kier alpha value is -1.17. The Labute approximate surface area is 116 Å². The molecule has 0 bridgehead atoms. The number of hydrogen-bond acceptors (Lipinski definition) is 5. The second-order valence-electron chi connectivity index (χ2n) is 5.26. The molecule has 2 aliphatic rings. The number of nitrogens with zero attached hydrogens (tertiary/aromatic N) is 2. The maximum atomic E-state index is 10.3. The van der Waals surface area contributed by atoms with E-state index < -0.39 is 0 Å². The summed E-state index contributed by atoms with van der Waals surface area (Å²) in [6.07, 6.45) is 0. The Morgan fingerprint density at radius 3 is 2.79 bits per heavy atom. The van der Waals surface area contributed by atoms with Gasteiger partial charge < -0.3 is 9.47 Å². The molecule has 0 unspecified atom stereocenters. The minimum atomic E-state index is 0.312. The van der Waals surface area contributed by atoms with Gasteiger partial charge in [-0.3, -0.25) is 4.90 Å². The Balaban J connectivity index is 1.44. The van der Waals surface area contributed by atoms with Gasteiger partial charge in [-0.2, -0.15) is 0 Å². The first-order valence-electron chi connectivity index (χ1n) is 6.27. The lowest BCUT2D eigenvalue weighted by Crippen LogP contribution is -2.66. The van der Waals surface area contributed by atoms with Crippen LogP contribution in [0.2, 0.25) is 5.02 Å². The molecule has 0 aromatic heterocycles. The molecule has 102 valence electrons. The van der Waals surface area contributed by atoms with Crippen LogP contribution >= 0.6 is 11.6 Å². The summed E-state index contributed by atoms with van der Waals surface area (Å²) < 4.78 is 10.8. The van der Waals surface area contributed by atoms with Crippen LogP contribution in [0.5, 0.6) is 5.75 Å². The normalized spacial score (nSPS) is 20.7. The molecule has 2 fully saturated rings. The van der Waals surface area contributed by atoms with E-state index in [1.807, 2.05) is 0 Å². The third-order valence-corrected chi connectivity index (χ3v) is 3.92. The zero-order valence-electron chi connectivity index (χ0n) is 10.5. The fourth-order valence-corrected chi connectivity index (χ4v) is 2.81. The van der Waals surface area contributed by atoms with Crippen molar-refractivity contribution in [3.63, 3.8) is 0 Å². The van der Waals surface area contributed by atoms with Gasteiger partial charge in [0.1, 0.15) is 18.0 Å². The molecule has 1 spiro atoms. The summed E-state index contributed by atoms with van der Waals surface area (Å²) in [5, 5.41) is 3.25. The van der Waals surface area contributed by atoms with Gasteiger partial charge in [0.15, 0.2) is 0 Å². The summed E-state index contributed by atoms with van der Waals surface area (Å²) in [7, 11) is 0. The van der Waals surface area contributed by atoms with E-state index in [9.17, 15) is 4.91 Å². The Bertz CT molecular complexity index is 483. The minimum Gasteiger partial charge on any atom is -0.491 e. The second-order valence-corrected chi connectivity index (χ2v) is 5.67. The highest BCUT2D eigenvalue weighted by molar-refractivity contribution is 6.32. The first-order valence-corrected chi connectivity index (χ1v) is 6.64. The van der Waals surface area contributed by atoms with Crippen LogP contribution < -0.4 is 4.74 Å². The minimum absolute atomic E-state index is 0.312. The number of ether oxygens (including phenoxy) is 2. The van der Waals surface area contributed by atoms with Crippen LogP contribution in [0.3, 0.4) is 0 Å². The van der Waals surface area contributed by atoms with E-state index in [1.165, 1.54) is 6.07 Å². The van der Waals surface area contributed by atoms with E-state index in [4.69, 9.17) is 21.1 Å². The Morgan fingerprint density at radius 2 is 2.21 bits per heavy atom. The summed E-state index contributed by atoms with van der Waals surface area (Å²) in [6, 6.07) is 4.78. The Kier molecular flexibility index (Phi) is 3.43. The van der Waals surface area contributed by atoms with Gasteiger partial charge in [0.05, 0.1) is 18.2 Å². The van der Waals surface area contributed by atoms with Crippen molar-refractivity contribution in [2.75, 3.05) is 39.5 Å². The SMILES string of the molecule is O=Nc1ccc(OCCN2CC3(COC3)C2)c(Cl)c1. The van der Waals surface area contributed by atoms with E-state index in [-0.39, 0.29) is 0 Å². The van der Waals surface area contributed by atoms with Crippen molar-refractivity contribution in [3.8, 4) is 5.75 Å². The molecule has 0 amide bonds. The predicted molar refractivity (Wildman–Crippen MR) is 72.1 cm³/mol. The van der Waals surface area contributed by atoms with Crippen molar-refractivity contribution in [3.05, 3.63) is 28.1 Å². The first-order chi connectivity index (χ1) is 9.21. The lowest BCUT2D eigenvalue weighted by atomic mass is 9.78. The van der Waals surface area contributed by atoms with E-state index in [1.54, 1.807) is 12.1 Å². The van der Waals surface area contributed by atoms with E-state index in [0.717, 1.165) is 32.8 Å². The number of nitroso groups, excluding NO2 is 1. The highest BCUT2D eigenvalue weighted by atomic mass is 35.5. The van der Waals surface area contributed by atoms with Crippen LogP contribution in [0.4, 0.5) is 5.69 Å². The molecule has 3 rings (SSSR count). The van der Waals surface area contributed by atoms with Crippen molar-refractivity contribution < 1.29 is 9.47 Å². The molecule has 2 heterocycles. The van der Waals surface area contributed by atoms with Gasteiger partial charge in [0.2, 0.25) is 0 Å². The number of hydrogen-bond donors (Lipinski definition) is 0. The van der Waals surface area contributed by atoms with Crippen molar-refractivity contribution in [1.82, 2.24) is 4.90 Å². The van der Waals surface area contributed by atoms with Gasteiger partial charge in [-0.05, 0) is 23.4 Å². The summed E-state index contributed by atoms with van der Waals surface area (Å²) in [5.41, 5.74) is 0.751. The highest BCUT2D eigenvalue weighted by Crippen LogP contribution is 2.37. The Morgan fingerprint density at radius 1 is 1.42 bits per heavy atom. The van der Waals surface area contributed by atoms with Crippen LogP contribution in [-0.2, 0) is 4.74 Å². The van der Waals surface area contributed by atoms with Gasteiger partial charge in [-0.1, -0.05) is 11.6 Å². The molecule has 0 radical (unpaired) electrons. The topological polar surface area (TPSA) is 51.1 Å². The number of halogens is 1. The number of benzene rings is 1. The third kappa shape index (κ3) is 2.59. The predicted octanol–water partition coefficient (Wildman–Crippen LogP) is 2.45. The molecule has 6 heteroatoms. The monoisotopic (exact) mass is 282 g/mol. The maximum Gasteiger partial charge on any atom is 0.138 e. The molecule has 0 aliphatic carbocycles. The van der Waals surface area contributed by atoms with Crippen molar-refractivity contribution in [2.45, 2.75) is 0 Å². The smallest absolute Gasteiger partial charge is 0.138 e. The quantitative estimate of drug-likeness (QED) is 0.779. The van der Waals surface area contributed by atoms with Crippen molar-refractivity contribution in [1.29, 1.82) is 0 Å². The molecule has 1 aromatic rings. The van der Waals surface area contributed by atoms with E-state index >= 15 is 0 Å². The first kappa shape index (κ1) is 12.8. The molecular weight excluding hydrogens is 268 g/mol. The lowest BCUT2D eigenvalue weighted by molar-refractivity contribution is -0.189. The maximum absolute atomic E-state index is 10.3.